The second-order valence-corrected chi connectivity index (χ2v) is 24.3. The third kappa shape index (κ3) is 25.8. The van der Waals surface area contributed by atoms with Gasteiger partial charge < -0.3 is 19.3 Å². The monoisotopic (exact) mass is 1270 g/mol. The molecule has 1 N–H and O–H groups in total. The van der Waals surface area contributed by atoms with E-state index in [1.165, 1.54) is 42.9 Å². The summed E-state index contributed by atoms with van der Waals surface area (Å²) < 4.78 is 39.7. The van der Waals surface area contributed by atoms with Crippen LogP contribution >= 0.6 is 67.6 Å². The van der Waals surface area contributed by atoms with Gasteiger partial charge in [-0.2, -0.15) is 0 Å². The highest BCUT2D eigenvalue weighted by atomic mass is 127. The zero-order chi connectivity index (χ0) is 54.0. The minimum atomic E-state index is -3.74. The molecule has 0 bridgehead atoms. The van der Waals surface area contributed by atoms with Crippen LogP contribution in [0.25, 0.3) is 0 Å². The van der Waals surface area contributed by atoms with E-state index in [9.17, 15) is 27.6 Å². The van der Waals surface area contributed by atoms with Crippen LogP contribution in [0.5, 0.6) is 0 Å². The fourth-order valence-corrected chi connectivity index (χ4v) is 9.76. The van der Waals surface area contributed by atoms with Crippen LogP contribution in [-0.4, -0.2) is 57.2 Å². The molecule has 0 saturated carbocycles. The van der Waals surface area contributed by atoms with Crippen molar-refractivity contribution in [2.75, 3.05) is 19.8 Å². The molecule has 5 rings (SSSR count). The maximum Gasteiger partial charge on any atom is 0.308 e. The first-order valence-electron chi connectivity index (χ1n) is 23.9. The van der Waals surface area contributed by atoms with Crippen LogP contribution in [0.15, 0.2) is 131 Å². The molecule has 392 valence electrons. The molecule has 72 heavy (non-hydrogen) atoms. The van der Waals surface area contributed by atoms with Crippen molar-refractivity contribution in [3.63, 3.8) is 0 Å². The average molecular weight is 1270 g/mol. The fraction of sp³-hybridized carbons (Fsp3) is 0.404. The molecule has 5 aromatic carbocycles. The number of ether oxygens (including phenoxy) is 3. The average Bonchev–Trinajstić information content (AvgIpc) is 3.31. The molecule has 0 radical (unpaired) electrons. The van der Waals surface area contributed by atoms with Crippen LogP contribution in [0.4, 0.5) is 0 Å². The standard InChI is InChI=1S/C23H30O2S.C12H15ClO4S.C12H15IO2.C10H11IO2/c1-6-25-22(24)17(2)14-19-8-7-9-21(15-19)26-16-18-10-12-20(13-11-18)23(3,4)5;1-3-17-12(14)9(2)7-10-5-4-6-11(8-10)18(13,15)16;1-3-15-12(14)9(2)7-10-5-4-6-11(13)8-10;1-7(10(12)13)5-8-3-2-4-9(11)6-8/h7-13,15,17H,6,14,16H2,1-5H3;4-6,8-9H,3,7H2,1-2H3;4-6,8-9H,3,7H2,1-2H3;2-4,6-7H,5H2,1H3,(H,12,13)/t17-;2*9-;7-/m0000/s1. The molecule has 0 heterocycles. The van der Waals surface area contributed by atoms with Crippen LogP contribution in [0.1, 0.15) is 103 Å². The molecule has 0 saturated heterocycles. The SMILES string of the molecule is CCOC(=O)[C@@H](C)Cc1cccc(I)c1.CCOC(=O)[C@@H](C)Cc1cccc(S(=O)(=O)Cl)c1.CCOC(=O)[C@@H](C)Cc1cccc(SCc2ccc(C(C)(C)C)cc2)c1.C[C@@H](Cc1cccc(I)c1)C(=O)O. The first-order chi connectivity index (χ1) is 33.9. The van der Waals surface area contributed by atoms with Crippen molar-refractivity contribution in [3.05, 3.63) is 162 Å². The van der Waals surface area contributed by atoms with E-state index in [4.69, 9.17) is 30.0 Å². The van der Waals surface area contributed by atoms with Crippen molar-refractivity contribution in [3.8, 4) is 0 Å². The summed E-state index contributed by atoms with van der Waals surface area (Å²) in [5, 5.41) is 8.71. The van der Waals surface area contributed by atoms with Gasteiger partial charge in [-0.25, -0.2) is 8.42 Å². The topological polar surface area (TPSA) is 150 Å². The van der Waals surface area contributed by atoms with Gasteiger partial charge in [-0.3, -0.25) is 19.2 Å². The lowest BCUT2D eigenvalue weighted by molar-refractivity contribution is -0.148. The largest absolute Gasteiger partial charge is 0.481 e. The predicted molar refractivity (Wildman–Crippen MR) is 308 cm³/mol. The molecule has 10 nitrogen and oxygen atoms in total. The second kappa shape index (κ2) is 33.1. The summed E-state index contributed by atoms with van der Waals surface area (Å²) in [5.74, 6) is -1.13. The number of thioether (sulfide) groups is 1. The Hall–Kier alpha value is -3.97. The van der Waals surface area contributed by atoms with Crippen LogP contribution in [-0.2, 0) is 79.3 Å². The van der Waals surface area contributed by atoms with Crippen LogP contribution in [0.2, 0.25) is 0 Å². The fourth-order valence-electron chi connectivity index (χ4n) is 6.79. The molecule has 0 aliphatic rings. The molecule has 0 fully saturated rings. The van der Waals surface area contributed by atoms with E-state index in [2.05, 4.69) is 121 Å². The Morgan fingerprint density at radius 2 is 0.931 bits per heavy atom. The third-order valence-corrected chi connectivity index (χ3v) is 14.5. The summed E-state index contributed by atoms with van der Waals surface area (Å²) >= 11 is 6.32. The van der Waals surface area contributed by atoms with Gasteiger partial charge in [-0.1, -0.05) is 121 Å². The summed E-state index contributed by atoms with van der Waals surface area (Å²) in [6.45, 7) is 20.6. The summed E-state index contributed by atoms with van der Waals surface area (Å²) in [4.78, 5) is 46.5. The summed E-state index contributed by atoms with van der Waals surface area (Å²) in [7, 11) is 1.52. The molecule has 5 aromatic rings. The number of esters is 3. The number of benzene rings is 5. The highest BCUT2D eigenvalue weighted by molar-refractivity contribution is 14.1. The maximum absolute atomic E-state index is 11.8. The number of carbonyl (C=O) groups is 4. The van der Waals surface area contributed by atoms with Gasteiger partial charge in [0.1, 0.15) is 0 Å². The molecular formula is C57H71ClI2O10S2. The van der Waals surface area contributed by atoms with Crippen molar-refractivity contribution in [1.82, 2.24) is 0 Å². The van der Waals surface area contributed by atoms with Gasteiger partial charge in [0, 0.05) is 28.5 Å². The number of hydrogen-bond acceptors (Lipinski definition) is 10. The summed E-state index contributed by atoms with van der Waals surface area (Å²) in [5.41, 5.74) is 7.06. The first-order valence-corrected chi connectivity index (χ1v) is 29.4. The number of halogens is 3. The number of hydrogen-bond donors (Lipinski definition) is 1. The normalized spacial score (nSPS) is 12.6. The minimum Gasteiger partial charge on any atom is -0.481 e. The first kappa shape index (κ1) is 64.1. The van der Waals surface area contributed by atoms with Crippen molar-refractivity contribution >= 4 is 101 Å². The van der Waals surface area contributed by atoms with E-state index < -0.39 is 15.0 Å². The van der Waals surface area contributed by atoms with Gasteiger partial charge >= 0.3 is 23.9 Å². The molecule has 0 aliphatic carbocycles. The molecule has 0 amide bonds. The molecule has 0 unspecified atom stereocenters. The Labute approximate surface area is 464 Å². The molecule has 0 aliphatic heterocycles. The van der Waals surface area contributed by atoms with Gasteiger partial charge in [0.15, 0.2) is 0 Å². The van der Waals surface area contributed by atoms with Crippen LogP contribution < -0.4 is 0 Å². The van der Waals surface area contributed by atoms with Crippen molar-refractivity contribution in [2.45, 2.75) is 116 Å². The number of carbonyl (C=O) groups excluding carboxylic acids is 3. The number of rotatable bonds is 19. The second-order valence-electron chi connectivity index (χ2n) is 18.2. The van der Waals surface area contributed by atoms with Crippen molar-refractivity contribution in [2.24, 2.45) is 23.7 Å². The van der Waals surface area contributed by atoms with Crippen molar-refractivity contribution in [1.29, 1.82) is 0 Å². The minimum absolute atomic E-state index is 0.0396. The Morgan fingerprint density at radius 1 is 0.556 bits per heavy atom. The molecular weight excluding hydrogens is 1200 g/mol. The maximum atomic E-state index is 11.8. The van der Waals surface area contributed by atoms with Gasteiger partial charge in [-0.15, -0.1) is 11.8 Å². The number of carboxylic acid groups (broad SMARTS) is 1. The van der Waals surface area contributed by atoms with Gasteiger partial charge in [0.05, 0.1) is 48.4 Å². The smallest absolute Gasteiger partial charge is 0.308 e. The lowest BCUT2D eigenvalue weighted by atomic mass is 9.87. The van der Waals surface area contributed by atoms with E-state index in [0.29, 0.717) is 39.1 Å². The van der Waals surface area contributed by atoms with E-state index in [-0.39, 0.29) is 51.9 Å². The Morgan fingerprint density at radius 3 is 1.31 bits per heavy atom. The molecule has 4 atom stereocenters. The van der Waals surface area contributed by atoms with Crippen molar-refractivity contribution < 1.29 is 46.9 Å². The van der Waals surface area contributed by atoms with E-state index in [1.54, 1.807) is 32.9 Å². The lowest BCUT2D eigenvalue weighted by Gasteiger charge is -2.19. The third-order valence-electron chi connectivity index (χ3n) is 10.7. The van der Waals surface area contributed by atoms with Gasteiger partial charge in [-0.05, 0) is 179 Å². The summed E-state index contributed by atoms with van der Waals surface area (Å²) in [6.07, 6.45) is 2.48. The Bertz CT molecular complexity index is 2580. The van der Waals surface area contributed by atoms with Gasteiger partial charge in [0.25, 0.3) is 9.05 Å². The number of carboxylic acids is 1. The number of aliphatic carboxylic acids is 1. The van der Waals surface area contributed by atoms with Crippen LogP contribution in [0, 0.1) is 30.8 Å². The molecule has 15 heteroatoms. The quantitative estimate of drug-likeness (QED) is 0.0277. The Balaban J connectivity index is 0.000000342. The van der Waals surface area contributed by atoms with Gasteiger partial charge in [0.2, 0.25) is 0 Å². The highest BCUT2D eigenvalue weighted by Gasteiger charge is 2.18. The summed E-state index contributed by atoms with van der Waals surface area (Å²) in [6, 6.07) is 39.7. The zero-order valence-electron chi connectivity index (χ0n) is 43.1. The predicted octanol–water partition coefficient (Wildman–Crippen LogP) is 14.0. The van der Waals surface area contributed by atoms with Crippen LogP contribution in [0.3, 0.4) is 0 Å². The van der Waals surface area contributed by atoms with E-state index in [1.807, 2.05) is 81.9 Å². The molecule has 0 aromatic heterocycles. The Kier molecular flexibility index (Phi) is 29.4. The highest BCUT2D eigenvalue weighted by Crippen LogP contribution is 2.27. The molecule has 0 spiro atoms. The lowest BCUT2D eigenvalue weighted by Crippen LogP contribution is -2.17. The van der Waals surface area contributed by atoms with E-state index >= 15 is 0 Å². The zero-order valence-corrected chi connectivity index (χ0v) is 49.8. The van der Waals surface area contributed by atoms with E-state index in [0.717, 1.165) is 26.9 Å².